The van der Waals surface area contributed by atoms with E-state index in [-0.39, 0.29) is 5.38 Å². The lowest BCUT2D eigenvalue weighted by Crippen LogP contribution is -2.16. The molecule has 2 rings (SSSR count). The molecule has 1 fully saturated rings. The Bertz CT molecular complexity index is 333. The Hall–Kier alpha value is -0.490. The Labute approximate surface area is 110 Å². The first-order valence-corrected chi connectivity index (χ1v) is 7.37. The van der Waals surface area contributed by atoms with Crippen molar-refractivity contribution >= 4 is 11.6 Å². The fraction of sp³-hybridized carbons (Fsp3) is 0.625. The summed E-state index contributed by atoms with van der Waals surface area (Å²) in [4.78, 5) is 0. The van der Waals surface area contributed by atoms with E-state index in [1.165, 1.54) is 36.8 Å². The van der Waals surface area contributed by atoms with E-state index < -0.39 is 0 Å². The van der Waals surface area contributed by atoms with Crippen LogP contribution in [0.5, 0.6) is 0 Å². The van der Waals surface area contributed by atoms with Crippen molar-refractivity contribution in [1.82, 2.24) is 0 Å². The van der Waals surface area contributed by atoms with Crippen LogP contribution < -0.4 is 0 Å². The second-order valence-electron chi connectivity index (χ2n) is 5.52. The number of hydrogen-bond donors (Lipinski definition) is 0. The van der Waals surface area contributed by atoms with Crippen LogP contribution >= 0.6 is 11.6 Å². The Kier molecular flexibility index (Phi) is 4.50. The molecule has 0 N–H and O–H groups in total. The Morgan fingerprint density at radius 2 is 1.71 bits per heavy atom. The van der Waals surface area contributed by atoms with Crippen LogP contribution in [0.3, 0.4) is 0 Å². The molecule has 1 aliphatic carbocycles. The maximum absolute atomic E-state index is 6.63. The number of benzene rings is 1. The van der Waals surface area contributed by atoms with Gasteiger partial charge in [0, 0.05) is 0 Å². The van der Waals surface area contributed by atoms with Gasteiger partial charge < -0.3 is 0 Å². The minimum atomic E-state index is 0.216. The molecule has 0 aromatic heterocycles. The normalized spacial score (nSPS) is 26.8. The van der Waals surface area contributed by atoms with E-state index in [4.69, 9.17) is 11.6 Å². The van der Waals surface area contributed by atoms with Gasteiger partial charge >= 0.3 is 0 Å². The van der Waals surface area contributed by atoms with Crippen LogP contribution in [0.25, 0.3) is 0 Å². The lowest BCUT2D eigenvalue weighted by atomic mass is 9.80. The minimum Gasteiger partial charge on any atom is -0.118 e. The predicted molar refractivity (Wildman–Crippen MR) is 75.5 cm³/mol. The highest BCUT2D eigenvalue weighted by Crippen LogP contribution is 2.40. The highest BCUT2D eigenvalue weighted by atomic mass is 35.5. The molecular weight excluding hydrogens is 228 g/mol. The van der Waals surface area contributed by atoms with Gasteiger partial charge in [-0.15, -0.1) is 11.6 Å². The van der Waals surface area contributed by atoms with Gasteiger partial charge in [-0.05, 0) is 42.2 Å². The third-order valence-electron chi connectivity index (χ3n) is 4.18. The van der Waals surface area contributed by atoms with Crippen molar-refractivity contribution in [3.05, 3.63) is 35.4 Å². The van der Waals surface area contributed by atoms with E-state index in [0.717, 1.165) is 12.3 Å². The predicted octanol–water partition coefficient (Wildman–Crippen LogP) is 5.36. The molecule has 17 heavy (non-hydrogen) atoms. The zero-order valence-corrected chi connectivity index (χ0v) is 11.7. The monoisotopic (exact) mass is 250 g/mol. The molecule has 0 heterocycles. The van der Waals surface area contributed by atoms with Crippen LogP contribution in [-0.4, -0.2) is 0 Å². The van der Waals surface area contributed by atoms with Crippen LogP contribution in [0.4, 0.5) is 0 Å². The first kappa shape index (κ1) is 13.0. The number of aryl methyl sites for hydroxylation is 1. The lowest BCUT2D eigenvalue weighted by molar-refractivity contribution is 0.283. The number of rotatable bonds is 3. The Morgan fingerprint density at radius 3 is 2.24 bits per heavy atom. The maximum Gasteiger partial charge on any atom is 0.0613 e. The third-order valence-corrected chi connectivity index (χ3v) is 4.79. The summed E-state index contributed by atoms with van der Waals surface area (Å²) in [5, 5.41) is 0.216. The number of hydrogen-bond acceptors (Lipinski definition) is 0. The molecule has 0 saturated heterocycles. The largest absolute Gasteiger partial charge is 0.118 e. The molecule has 1 aliphatic rings. The molecule has 0 aliphatic heterocycles. The second kappa shape index (κ2) is 5.91. The van der Waals surface area contributed by atoms with Gasteiger partial charge in [0.15, 0.2) is 0 Å². The highest BCUT2D eigenvalue weighted by Gasteiger charge is 2.25. The highest BCUT2D eigenvalue weighted by molar-refractivity contribution is 6.21. The molecule has 0 bridgehead atoms. The van der Waals surface area contributed by atoms with E-state index in [1.807, 2.05) is 0 Å². The smallest absolute Gasteiger partial charge is 0.0613 e. The van der Waals surface area contributed by atoms with Gasteiger partial charge in [-0.3, -0.25) is 0 Å². The van der Waals surface area contributed by atoms with E-state index in [1.54, 1.807) is 0 Å². The molecule has 0 amide bonds. The first-order chi connectivity index (χ1) is 8.20. The summed E-state index contributed by atoms with van der Waals surface area (Å²) in [6.07, 6.45) is 6.39. The Balaban J connectivity index is 2.00. The van der Waals surface area contributed by atoms with Crippen molar-refractivity contribution in [3.8, 4) is 0 Å². The van der Waals surface area contributed by atoms with Crippen LogP contribution in [0, 0.1) is 11.8 Å². The first-order valence-electron chi connectivity index (χ1n) is 6.93. The molecule has 1 atom stereocenters. The van der Waals surface area contributed by atoms with Crippen molar-refractivity contribution in [2.24, 2.45) is 11.8 Å². The van der Waals surface area contributed by atoms with E-state index >= 15 is 0 Å². The molecule has 1 aromatic carbocycles. The average molecular weight is 251 g/mol. The molecule has 0 nitrogen and oxygen atoms in total. The molecule has 0 spiro atoms. The standard InChI is InChI=1S/C16H23Cl/c1-3-13-6-10-15(11-7-13)16(17)14-8-4-12(2)5-9-14/h6-7,10-12,14,16H,3-5,8-9H2,1-2H3. The van der Waals surface area contributed by atoms with Gasteiger partial charge in [0.25, 0.3) is 0 Å². The van der Waals surface area contributed by atoms with Gasteiger partial charge in [-0.1, -0.05) is 51.0 Å². The van der Waals surface area contributed by atoms with E-state index in [0.29, 0.717) is 5.92 Å². The van der Waals surface area contributed by atoms with Gasteiger partial charge in [-0.25, -0.2) is 0 Å². The number of alkyl halides is 1. The zero-order chi connectivity index (χ0) is 12.3. The molecular formula is C16H23Cl. The van der Waals surface area contributed by atoms with Gasteiger partial charge in [0.1, 0.15) is 0 Å². The summed E-state index contributed by atoms with van der Waals surface area (Å²) in [5.41, 5.74) is 2.71. The zero-order valence-electron chi connectivity index (χ0n) is 11.0. The second-order valence-corrected chi connectivity index (χ2v) is 5.99. The minimum absolute atomic E-state index is 0.216. The summed E-state index contributed by atoms with van der Waals surface area (Å²) < 4.78 is 0. The Morgan fingerprint density at radius 1 is 1.12 bits per heavy atom. The van der Waals surface area contributed by atoms with Crippen molar-refractivity contribution in [3.63, 3.8) is 0 Å². The van der Waals surface area contributed by atoms with E-state index in [2.05, 4.69) is 38.1 Å². The summed E-state index contributed by atoms with van der Waals surface area (Å²) in [5.74, 6) is 1.58. The fourth-order valence-electron chi connectivity index (χ4n) is 2.79. The summed E-state index contributed by atoms with van der Waals surface area (Å²) >= 11 is 6.63. The quantitative estimate of drug-likeness (QED) is 0.634. The fourth-order valence-corrected chi connectivity index (χ4v) is 3.19. The molecule has 1 unspecified atom stereocenters. The van der Waals surface area contributed by atoms with Crippen LogP contribution in [0.15, 0.2) is 24.3 Å². The van der Waals surface area contributed by atoms with Crippen LogP contribution in [-0.2, 0) is 6.42 Å². The average Bonchev–Trinajstić information content (AvgIpc) is 2.39. The van der Waals surface area contributed by atoms with Crippen LogP contribution in [0.2, 0.25) is 0 Å². The molecule has 1 aromatic rings. The molecule has 94 valence electrons. The SMILES string of the molecule is CCc1ccc(C(Cl)C2CCC(C)CC2)cc1. The summed E-state index contributed by atoms with van der Waals surface area (Å²) in [6.45, 7) is 4.55. The third kappa shape index (κ3) is 3.25. The van der Waals surface area contributed by atoms with Crippen molar-refractivity contribution in [1.29, 1.82) is 0 Å². The molecule has 1 saturated carbocycles. The van der Waals surface area contributed by atoms with Crippen molar-refractivity contribution in [2.45, 2.75) is 51.3 Å². The van der Waals surface area contributed by atoms with Gasteiger partial charge in [0.2, 0.25) is 0 Å². The van der Waals surface area contributed by atoms with Gasteiger partial charge in [-0.2, -0.15) is 0 Å². The van der Waals surface area contributed by atoms with E-state index in [9.17, 15) is 0 Å². The van der Waals surface area contributed by atoms with Gasteiger partial charge in [0.05, 0.1) is 5.38 Å². The summed E-state index contributed by atoms with van der Waals surface area (Å²) in [6, 6.07) is 8.87. The molecule has 1 heteroatoms. The summed E-state index contributed by atoms with van der Waals surface area (Å²) in [7, 11) is 0. The van der Waals surface area contributed by atoms with Crippen molar-refractivity contribution in [2.75, 3.05) is 0 Å². The molecule has 0 radical (unpaired) electrons. The van der Waals surface area contributed by atoms with Crippen molar-refractivity contribution < 1.29 is 0 Å². The maximum atomic E-state index is 6.63. The number of halogens is 1. The lowest BCUT2D eigenvalue weighted by Gasteiger charge is -2.29. The topological polar surface area (TPSA) is 0 Å². The van der Waals surface area contributed by atoms with Crippen LogP contribution in [0.1, 0.15) is 56.0 Å².